The maximum absolute atomic E-state index is 5.49. The summed E-state index contributed by atoms with van der Waals surface area (Å²) in [5.74, 6) is 0. The third kappa shape index (κ3) is 2.62. The van der Waals surface area contributed by atoms with Gasteiger partial charge >= 0.3 is 0 Å². The fourth-order valence-electron chi connectivity index (χ4n) is 1.58. The van der Waals surface area contributed by atoms with E-state index in [0.717, 1.165) is 19.5 Å². The average Bonchev–Trinajstić information content (AvgIpc) is 2.06. The van der Waals surface area contributed by atoms with Crippen molar-refractivity contribution < 1.29 is 4.74 Å². The lowest BCUT2D eigenvalue weighted by atomic mass is 9.90. The van der Waals surface area contributed by atoms with Gasteiger partial charge in [-0.05, 0) is 32.4 Å². The molecule has 1 aliphatic heterocycles. The Morgan fingerprint density at radius 1 is 1.36 bits per heavy atom. The van der Waals surface area contributed by atoms with Crippen LogP contribution in [0.25, 0.3) is 0 Å². The summed E-state index contributed by atoms with van der Waals surface area (Å²) in [7, 11) is 1.83. The molecule has 0 bridgehead atoms. The molecular formula is C8H18ClNO. The van der Waals surface area contributed by atoms with E-state index in [4.69, 9.17) is 4.74 Å². The number of nitrogens with one attached hydrogen (secondary N) is 1. The highest BCUT2D eigenvalue weighted by Crippen LogP contribution is 2.25. The Hall–Kier alpha value is 0.210. The summed E-state index contributed by atoms with van der Waals surface area (Å²) in [6.07, 6.45) is 3.48. The van der Waals surface area contributed by atoms with Gasteiger partial charge < -0.3 is 10.1 Å². The number of halogens is 1. The molecule has 0 aromatic rings. The van der Waals surface area contributed by atoms with Crippen LogP contribution in [0.15, 0.2) is 0 Å². The van der Waals surface area contributed by atoms with Gasteiger partial charge in [0.05, 0.1) is 5.60 Å². The third-order valence-electron chi connectivity index (χ3n) is 2.59. The van der Waals surface area contributed by atoms with Crippen molar-refractivity contribution in [2.45, 2.75) is 31.8 Å². The van der Waals surface area contributed by atoms with Crippen molar-refractivity contribution in [3.05, 3.63) is 0 Å². The Labute approximate surface area is 75.1 Å². The molecule has 1 aliphatic rings. The number of methoxy groups -OCH3 is 1. The van der Waals surface area contributed by atoms with Crippen molar-refractivity contribution in [3.8, 4) is 0 Å². The van der Waals surface area contributed by atoms with Crippen LogP contribution in [0.4, 0.5) is 0 Å². The van der Waals surface area contributed by atoms with E-state index >= 15 is 0 Å². The molecule has 11 heavy (non-hydrogen) atoms. The summed E-state index contributed by atoms with van der Waals surface area (Å²) in [5.41, 5.74) is 0.200. The number of ether oxygens (including phenoxy) is 1. The molecule has 0 aromatic carbocycles. The van der Waals surface area contributed by atoms with Crippen LogP contribution in [-0.4, -0.2) is 25.8 Å². The molecule has 0 aliphatic carbocycles. The molecule has 0 aromatic heterocycles. The molecule has 68 valence electrons. The molecule has 1 N–H and O–H groups in total. The lowest BCUT2D eigenvalue weighted by Crippen LogP contribution is -2.42. The SMILES string of the molecule is CCC1(OC)CCNCC1.Cl. The smallest absolute Gasteiger partial charge is 0.0700 e. The molecule has 1 fully saturated rings. The molecule has 0 atom stereocenters. The summed E-state index contributed by atoms with van der Waals surface area (Å²) in [6.45, 7) is 4.43. The number of hydrogen-bond donors (Lipinski definition) is 1. The quantitative estimate of drug-likeness (QED) is 0.695. The number of piperidine rings is 1. The molecule has 0 radical (unpaired) electrons. The molecule has 3 heteroatoms. The van der Waals surface area contributed by atoms with Crippen LogP contribution in [0.3, 0.4) is 0 Å². The van der Waals surface area contributed by atoms with Gasteiger partial charge in [0.2, 0.25) is 0 Å². The van der Waals surface area contributed by atoms with Crippen molar-refractivity contribution in [2.24, 2.45) is 0 Å². The zero-order chi connectivity index (χ0) is 7.45. The fourth-order valence-corrected chi connectivity index (χ4v) is 1.58. The average molecular weight is 180 g/mol. The van der Waals surface area contributed by atoms with Crippen LogP contribution in [0.2, 0.25) is 0 Å². The van der Waals surface area contributed by atoms with Gasteiger partial charge in [0, 0.05) is 7.11 Å². The number of hydrogen-bond acceptors (Lipinski definition) is 2. The second-order valence-electron chi connectivity index (χ2n) is 2.99. The molecule has 0 unspecified atom stereocenters. The standard InChI is InChI=1S/C8H17NO.ClH/c1-3-8(10-2)4-6-9-7-5-8;/h9H,3-7H2,1-2H3;1H. The number of rotatable bonds is 2. The summed E-state index contributed by atoms with van der Waals surface area (Å²) in [4.78, 5) is 0. The van der Waals surface area contributed by atoms with Gasteiger partial charge in [-0.1, -0.05) is 6.92 Å². The maximum atomic E-state index is 5.49. The van der Waals surface area contributed by atoms with Gasteiger partial charge in [-0.3, -0.25) is 0 Å². The fraction of sp³-hybridized carbons (Fsp3) is 1.00. The third-order valence-corrected chi connectivity index (χ3v) is 2.59. The van der Waals surface area contributed by atoms with E-state index in [2.05, 4.69) is 12.2 Å². The normalized spacial score (nSPS) is 22.4. The van der Waals surface area contributed by atoms with E-state index in [-0.39, 0.29) is 18.0 Å². The summed E-state index contributed by atoms with van der Waals surface area (Å²) < 4.78 is 5.49. The largest absolute Gasteiger partial charge is 0.378 e. The Kier molecular flexibility index (Phi) is 5.06. The van der Waals surface area contributed by atoms with Gasteiger partial charge in [0.1, 0.15) is 0 Å². The Balaban J connectivity index is 0.000001000. The molecule has 0 spiro atoms. The van der Waals surface area contributed by atoms with Crippen molar-refractivity contribution >= 4 is 12.4 Å². The van der Waals surface area contributed by atoms with Crippen LogP contribution >= 0.6 is 12.4 Å². The molecule has 1 saturated heterocycles. The van der Waals surface area contributed by atoms with Crippen LogP contribution in [0.1, 0.15) is 26.2 Å². The van der Waals surface area contributed by atoms with Crippen molar-refractivity contribution in [1.29, 1.82) is 0 Å². The van der Waals surface area contributed by atoms with Crippen LogP contribution < -0.4 is 5.32 Å². The molecule has 2 nitrogen and oxygen atoms in total. The molecule has 1 rings (SSSR count). The van der Waals surface area contributed by atoms with Crippen LogP contribution in [0, 0.1) is 0 Å². The van der Waals surface area contributed by atoms with Gasteiger partial charge in [-0.25, -0.2) is 0 Å². The Morgan fingerprint density at radius 2 is 1.91 bits per heavy atom. The minimum absolute atomic E-state index is 0. The second-order valence-corrected chi connectivity index (χ2v) is 2.99. The molecule has 0 amide bonds. The van der Waals surface area contributed by atoms with Crippen molar-refractivity contribution in [2.75, 3.05) is 20.2 Å². The van der Waals surface area contributed by atoms with Crippen LogP contribution in [-0.2, 0) is 4.74 Å². The lowest BCUT2D eigenvalue weighted by Gasteiger charge is -2.35. The lowest BCUT2D eigenvalue weighted by molar-refractivity contribution is -0.0366. The predicted octanol–water partition coefficient (Wildman–Crippen LogP) is 1.59. The van der Waals surface area contributed by atoms with E-state index in [1.165, 1.54) is 12.8 Å². The monoisotopic (exact) mass is 179 g/mol. The minimum Gasteiger partial charge on any atom is -0.378 e. The van der Waals surface area contributed by atoms with E-state index in [1.807, 2.05) is 7.11 Å². The van der Waals surface area contributed by atoms with Crippen molar-refractivity contribution in [3.63, 3.8) is 0 Å². The summed E-state index contributed by atoms with van der Waals surface area (Å²) >= 11 is 0. The first-order chi connectivity index (χ1) is 4.83. The first-order valence-electron chi connectivity index (χ1n) is 4.09. The minimum atomic E-state index is 0. The van der Waals surface area contributed by atoms with Crippen LogP contribution in [0.5, 0.6) is 0 Å². The topological polar surface area (TPSA) is 21.3 Å². The first kappa shape index (κ1) is 11.2. The summed E-state index contributed by atoms with van der Waals surface area (Å²) in [5, 5.41) is 3.33. The highest BCUT2D eigenvalue weighted by atomic mass is 35.5. The Bertz CT molecular complexity index is 96.3. The van der Waals surface area contributed by atoms with Gasteiger partial charge in [-0.15, -0.1) is 12.4 Å². The van der Waals surface area contributed by atoms with Crippen molar-refractivity contribution in [1.82, 2.24) is 5.32 Å². The highest BCUT2D eigenvalue weighted by molar-refractivity contribution is 5.85. The van der Waals surface area contributed by atoms with E-state index in [0.29, 0.717) is 0 Å². The van der Waals surface area contributed by atoms with E-state index < -0.39 is 0 Å². The van der Waals surface area contributed by atoms with Gasteiger partial charge in [0.25, 0.3) is 0 Å². The molecular weight excluding hydrogens is 162 g/mol. The van der Waals surface area contributed by atoms with Gasteiger partial charge in [0.15, 0.2) is 0 Å². The molecule has 0 saturated carbocycles. The first-order valence-corrected chi connectivity index (χ1v) is 4.09. The zero-order valence-corrected chi connectivity index (χ0v) is 8.17. The zero-order valence-electron chi connectivity index (χ0n) is 7.35. The van der Waals surface area contributed by atoms with E-state index in [1.54, 1.807) is 0 Å². The summed E-state index contributed by atoms with van der Waals surface area (Å²) in [6, 6.07) is 0. The second kappa shape index (κ2) is 4.96. The van der Waals surface area contributed by atoms with E-state index in [9.17, 15) is 0 Å². The highest BCUT2D eigenvalue weighted by Gasteiger charge is 2.29. The predicted molar refractivity (Wildman–Crippen MR) is 49.4 cm³/mol. The Morgan fingerprint density at radius 3 is 2.18 bits per heavy atom. The maximum Gasteiger partial charge on any atom is 0.0700 e. The van der Waals surface area contributed by atoms with Gasteiger partial charge in [-0.2, -0.15) is 0 Å². The molecule has 1 heterocycles.